The summed E-state index contributed by atoms with van der Waals surface area (Å²) in [7, 11) is -3.87. The minimum absolute atomic E-state index is 0.0290. The van der Waals surface area contributed by atoms with Gasteiger partial charge in [0.25, 0.3) is 15.6 Å². The van der Waals surface area contributed by atoms with Crippen molar-refractivity contribution in [1.82, 2.24) is 20.0 Å². The van der Waals surface area contributed by atoms with E-state index in [4.69, 9.17) is 5.73 Å². The molecule has 12 heteroatoms. The van der Waals surface area contributed by atoms with Crippen LogP contribution in [0.4, 0.5) is 23.0 Å². The van der Waals surface area contributed by atoms with E-state index in [2.05, 4.69) is 30.2 Å². The Bertz CT molecular complexity index is 1350. The van der Waals surface area contributed by atoms with Crippen molar-refractivity contribution in [1.29, 1.82) is 0 Å². The van der Waals surface area contributed by atoms with E-state index in [9.17, 15) is 13.2 Å². The van der Waals surface area contributed by atoms with Crippen LogP contribution in [0.1, 0.15) is 0 Å². The lowest BCUT2D eigenvalue weighted by atomic mass is 10.3. The number of para-hydroxylation sites is 1. The molecule has 5 N–H and O–H groups in total. The molecule has 30 heavy (non-hydrogen) atoms. The van der Waals surface area contributed by atoms with Crippen LogP contribution in [-0.2, 0) is 10.0 Å². The summed E-state index contributed by atoms with van der Waals surface area (Å²) in [6.07, 6.45) is 1.50. The third-order valence-electron chi connectivity index (χ3n) is 4.08. The van der Waals surface area contributed by atoms with Crippen LogP contribution in [0.5, 0.6) is 0 Å². The monoisotopic (exact) mass is 424 g/mol. The Morgan fingerprint density at radius 1 is 0.967 bits per heavy atom. The quantitative estimate of drug-likeness (QED) is 0.349. The van der Waals surface area contributed by atoms with E-state index >= 15 is 0 Å². The minimum atomic E-state index is -3.87. The smallest absolute Gasteiger partial charge is 0.293 e. The Balaban J connectivity index is 1.55. The molecule has 152 valence electrons. The van der Waals surface area contributed by atoms with Crippen molar-refractivity contribution in [2.75, 3.05) is 10.5 Å². The highest BCUT2D eigenvalue weighted by Gasteiger charge is 2.17. The number of hydrogen-bond donors (Lipinski definition) is 4. The molecule has 2 aromatic heterocycles. The second-order valence-electron chi connectivity index (χ2n) is 6.10. The van der Waals surface area contributed by atoms with Crippen LogP contribution in [-0.4, -0.2) is 28.4 Å². The molecule has 0 aliphatic rings. The number of sulfonamides is 1. The highest BCUT2D eigenvalue weighted by atomic mass is 32.2. The van der Waals surface area contributed by atoms with Crippen molar-refractivity contribution in [3.63, 3.8) is 0 Å². The third kappa shape index (κ3) is 3.84. The number of H-pyrrole nitrogens is 2. The fourth-order valence-electron chi connectivity index (χ4n) is 2.62. The van der Waals surface area contributed by atoms with Gasteiger partial charge in [-0.2, -0.15) is 10.2 Å². The third-order valence-corrected chi connectivity index (χ3v) is 5.45. The molecule has 0 aliphatic heterocycles. The zero-order chi connectivity index (χ0) is 21.1. The SMILES string of the molecule is Nc1[nH][nH]c(=O)c1N=Nc1ccc(S(=O)(=O)Nc2ccnn2-c2ccccc2)cc1. The first-order valence-corrected chi connectivity index (χ1v) is 10.1. The topological polar surface area (TPSA) is 163 Å². The van der Waals surface area contributed by atoms with Gasteiger partial charge in [0.05, 0.1) is 22.5 Å². The number of nitrogens with zero attached hydrogens (tertiary/aromatic N) is 4. The van der Waals surface area contributed by atoms with Crippen LogP contribution >= 0.6 is 0 Å². The van der Waals surface area contributed by atoms with Gasteiger partial charge in [0.2, 0.25) is 0 Å². The lowest BCUT2D eigenvalue weighted by Crippen LogP contribution is -2.15. The average Bonchev–Trinajstić information content (AvgIpc) is 3.33. The van der Waals surface area contributed by atoms with Crippen molar-refractivity contribution in [2.45, 2.75) is 4.90 Å². The van der Waals surface area contributed by atoms with E-state index in [1.165, 1.54) is 35.1 Å². The largest absolute Gasteiger partial charge is 0.382 e. The highest BCUT2D eigenvalue weighted by molar-refractivity contribution is 7.92. The molecule has 0 radical (unpaired) electrons. The second kappa shape index (κ2) is 7.67. The molecule has 0 amide bonds. The van der Waals surface area contributed by atoms with Gasteiger partial charge in [0, 0.05) is 6.07 Å². The van der Waals surface area contributed by atoms with Gasteiger partial charge >= 0.3 is 0 Å². The Labute approximate surface area is 170 Å². The number of nitrogens with two attached hydrogens (primary N) is 1. The summed E-state index contributed by atoms with van der Waals surface area (Å²) in [6, 6.07) is 16.4. The van der Waals surface area contributed by atoms with Gasteiger partial charge in [0.1, 0.15) is 11.6 Å². The van der Waals surface area contributed by atoms with Gasteiger partial charge in [-0.05, 0) is 36.4 Å². The van der Waals surface area contributed by atoms with Crippen LogP contribution in [0.25, 0.3) is 5.69 Å². The number of aromatic nitrogens is 4. The number of nitrogens with one attached hydrogen (secondary N) is 3. The number of benzene rings is 2. The van der Waals surface area contributed by atoms with Crippen LogP contribution < -0.4 is 16.0 Å². The summed E-state index contributed by atoms with van der Waals surface area (Å²) >= 11 is 0. The van der Waals surface area contributed by atoms with E-state index < -0.39 is 15.6 Å². The molecule has 0 bridgehead atoms. The first kappa shape index (κ1) is 19.1. The Hall–Kier alpha value is -4.19. The van der Waals surface area contributed by atoms with Crippen molar-refractivity contribution in [3.05, 3.63) is 77.2 Å². The summed E-state index contributed by atoms with van der Waals surface area (Å²) in [4.78, 5) is 11.5. The second-order valence-corrected chi connectivity index (χ2v) is 7.79. The molecule has 0 spiro atoms. The highest BCUT2D eigenvalue weighted by Crippen LogP contribution is 2.23. The summed E-state index contributed by atoms with van der Waals surface area (Å²) < 4.78 is 29.5. The Morgan fingerprint density at radius 2 is 1.70 bits per heavy atom. The van der Waals surface area contributed by atoms with Gasteiger partial charge in [0.15, 0.2) is 5.69 Å². The molecule has 0 aliphatic carbocycles. The summed E-state index contributed by atoms with van der Waals surface area (Å²) in [5, 5.41) is 16.6. The van der Waals surface area contributed by atoms with Gasteiger partial charge in [-0.15, -0.1) is 5.11 Å². The molecule has 0 saturated heterocycles. The lowest BCUT2D eigenvalue weighted by Gasteiger charge is -2.10. The van der Waals surface area contributed by atoms with Crippen molar-refractivity contribution >= 4 is 33.0 Å². The van der Waals surface area contributed by atoms with Gasteiger partial charge in [-0.3, -0.25) is 19.7 Å². The maximum atomic E-state index is 12.8. The first-order chi connectivity index (χ1) is 14.4. The van der Waals surface area contributed by atoms with E-state index in [0.717, 1.165) is 5.69 Å². The van der Waals surface area contributed by atoms with E-state index in [1.54, 1.807) is 6.07 Å². The fraction of sp³-hybridized carbons (Fsp3) is 0. The molecule has 4 aromatic rings. The number of azo groups is 1. The molecular weight excluding hydrogens is 408 g/mol. The number of hydrogen-bond acceptors (Lipinski definition) is 7. The summed E-state index contributed by atoms with van der Waals surface area (Å²) in [5.41, 5.74) is 6.08. The average molecular weight is 424 g/mol. The van der Waals surface area contributed by atoms with E-state index in [0.29, 0.717) is 11.5 Å². The summed E-state index contributed by atoms with van der Waals surface area (Å²) in [5.74, 6) is 0.356. The van der Waals surface area contributed by atoms with Crippen molar-refractivity contribution < 1.29 is 8.42 Å². The number of anilines is 2. The first-order valence-electron chi connectivity index (χ1n) is 8.64. The molecule has 0 fully saturated rings. The molecule has 0 atom stereocenters. The maximum Gasteiger partial charge on any atom is 0.293 e. The normalized spacial score (nSPS) is 11.7. The van der Waals surface area contributed by atoms with Crippen molar-refractivity contribution in [2.24, 2.45) is 10.2 Å². The van der Waals surface area contributed by atoms with Crippen LogP contribution in [0, 0.1) is 0 Å². The number of aromatic amines is 2. The molecule has 0 unspecified atom stereocenters. The molecular formula is C18H16N8O3S. The molecule has 2 heterocycles. The Kier molecular flexibility index (Phi) is 4.90. The van der Waals surface area contributed by atoms with Crippen LogP contribution in [0.15, 0.2) is 86.8 Å². The molecule has 2 aromatic carbocycles. The van der Waals surface area contributed by atoms with Gasteiger partial charge < -0.3 is 5.73 Å². The van der Waals surface area contributed by atoms with Crippen LogP contribution in [0.2, 0.25) is 0 Å². The van der Waals surface area contributed by atoms with E-state index in [1.807, 2.05) is 30.3 Å². The maximum absolute atomic E-state index is 12.8. The molecule has 11 nitrogen and oxygen atoms in total. The van der Waals surface area contributed by atoms with Gasteiger partial charge in [-0.1, -0.05) is 18.2 Å². The minimum Gasteiger partial charge on any atom is -0.382 e. The number of rotatable bonds is 6. The van der Waals surface area contributed by atoms with Crippen molar-refractivity contribution in [3.8, 4) is 5.69 Å². The zero-order valence-corrected chi connectivity index (χ0v) is 16.2. The number of nitrogen functional groups attached to an aromatic ring is 1. The predicted molar refractivity (Wildman–Crippen MR) is 111 cm³/mol. The van der Waals surface area contributed by atoms with Crippen LogP contribution in [0.3, 0.4) is 0 Å². The zero-order valence-electron chi connectivity index (χ0n) is 15.4. The predicted octanol–water partition coefficient (Wildman–Crippen LogP) is 2.69. The molecule has 4 rings (SSSR count). The summed E-state index contributed by atoms with van der Waals surface area (Å²) in [6.45, 7) is 0. The fourth-order valence-corrected chi connectivity index (χ4v) is 3.66. The standard InChI is InChI=1S/C18H16N8O3S/c19-17-16(18(27)24-23-17)22-21-12-6-8-14(9-7-12)30(28,29)25-15-10-11-20-26(15)13-4-2-1-3-5-13/h1-11,25H,(H4,19,23,24,27). The lowest BCUT2D eigenvalue weighted by molar-refractivity contribution is 0.600. The van der Waals surface area contributed by atoms with E-state index in [-0.39, 0.29) is 16.4 Å². The van der Waals surface area contributed by atoms with Gasteiger partial charge in [-0.25, -0.2) is 13.1 Å². The molecule has 0 saturated carbocycles. The Morgan fingerprint density at radius 3 is 2.37 bits per heavy atom.